The van der Waals surface area contributed by atoms with Gasteiger partial charge in [-0.15, -0.1) is 0 Å². The summed E-state index contributed by atoms with van der Waals surface area (Å²) in [4.78, 5) is 15.5. The third kappa shape index (κ3) is 5.52. The number of aromatic nitrogens is 1. The van der Waals surface area contributed by atoms with Crippen molar-refractivity contribution in [2.24, 2.45) is 0 Å². The molecule has 5 nitrogen and oxygen atoms in total. The summed E-state index contributed by atoms with van der Waals surface area (Å²) in [6, 6.07) is 3.85. The highest BCUT2D eigenvalue weighted by molar-refractivity contribution is 5.76. The van der Waals surface area contributed by atoms with Crippen LogP contribution in [0.2, 0.25) is 0 Å². The summed E-state index contributed by atoms with van der Waals surface area (Å²) in [7, 11) is 0. The van der Waals surface area contributed by atoms with Crippen molar-refractivity contribution < 1.29 is 4.79 Å². The lowest BCUT2D eigenvalue weighted by atomic mass is 10.3. The second kappa shape index (κ2) is 8.33. The minimum Gasteiger partial charge on any atom is -0.384 e. The lowest BCUT2D eigenvalue weighted by Crippen LogP contribution is -2.24. The smallest absolute Gasteiger partial charge is 0.221 e. The Balaban J connectivity index is 2.35. The number of anilines is 2. The van der Waals surface area contributed by atoms with Crippen LogP contribution in [0.15, 0.2) is 18.3 Å². The van der Waals surface area contributed by atoms with Gasteiger partial charge in [-0.3, -0.25) is 4.79 Å². The van der Waals surface area contributed by atoms with Gasteiger partial charge < -0.3 is 16.0 Å². The minimum atomic E-state index is 0.0726. The Morgan fingerprint density at radius 2 is 2.11 bits per heavy atom. The molecule has 100 valence electrons. The summed E-state index contributed by atoms with van der Waals surface area (Å²) in [5.74, 6) is 0.934. The first-order valence-corrected chi connectivity index (χ1v) is 6.46. The van der Waals surface area contributed by atoms with E-state index in [4.69, 9.17) is 0 Å². The Hall–Kier alpha value is -1.78. The molecule has 0 unspecified atom stereocenters. The second-order valence-electron chi connectivity index (χ2n) is 3.99. The molecule has 0 fully saturated rings. The summed E-state index contributed by atoms with van der Waals surface area (Å²) in [6.07, 6.45) is 3.30. The zero-order valence-corrected chi connectivity index (χ0v) is 11.1. The van der Waals surface area contributed by atoms with Crippen LogP contribution < -0.4 is 16.0 Å². The monoisotopic (exact) mass is 250 g/mol. The lowest BCUT2D eigenvalue weighted by Gasteiger charge is -2.08. The number of pyridine rings is 1. The molecule has 5 heteroatoms. The van der Waals surface area contributed by atoms with Crippen molar-refractivity contribution >= 4 is 17.4 Å². The molecular formula is C13H22N4O. The van der Waals surface area contributed by atoms with Gasteiger partial charge in [-0.1, -0.05) is 6.92 Å². The molecule has 0 bridgehead atoms. The molecule has 1 rings (SSSR count). The van der Waals surface area contributed by atoms with Crippen LogP contribution >= 0.6 is 0 Å². The highest BCUT2D eigenvalue weighted by Crippen LogP contribution is 2.11. The fourth-order valence-electron chi connectivity index (χ4n) is 1.50. The fraction of sp³-hybridized carbons (Fsp3) is 0.538. The van der Waals surface area contributed by atoms with E-state index in [9.17, 15) is 4.79 Å². The van der Waals surface area contributed by atoms with Gasteiger partial charge in [0, 0.05) is 44.0 Å². The van der Waals surface area contributed by atoms with Gasteiger partial charge in [0.25, 0.3) is 0 Å². The summed E-state index contributed by atoms with van der Waals surface area (Å²) in [5.41, 5.74) is 0.980. The molecule has 3 N–H and O–H groups in total. The maximum absolute atomic E-state index is 11.3. The first-order valence-electron chi connectivity index (χ1n) is 6.46. The van der Waals surface area contributed by atoms with Crippen LogP contribution in [0.3, 0.4) is 0 Å². The molecule has 0 aliphatic heterocycles. The number of hydrogen-bond donors (Lipinski definition) is 3. The van der Waals surface area contributed by atoms with E-state index in [-0.39, 0.29) is 5.91 Å². The van der Waals surface area contributed by atoms with Crippen LogP contribution in [0.4, 0.5) is 11.5 Å². The van der Waals surface area contributed by atoms with E-state index in [0.29, 0.717) is 19.5 Å². The minimum absolute atomic E-state index is 0.0726. The second-order valence-corrected chi connectivity index (χ2v) is 3.99. The summed E-state index contributed by atoms with van der Waals surface area (Å²) >= 11 is 0. The number of nitrogens with zero attached hydrogens (tertiary/aromatic N) is 1. The van der Waals surface area contributed by atoms with E-state index >= 15 is 0 Å². The number of carbonyl (C=O) groups is 1. The van der Waals surface area contributed by atoms with Gasteiger partial charge in [-0.05, 0) is 19.4 Å². The zero-order chi connectivity index (χ0) is 13.2. The van der Waals surface area contributed by atoms with E-state index in [0.717, 1.165) is 24.5 Å². The van der Waals surface area contributed by atoms with Crippen molar-refractivity contribution in [1.82, 2.24) is 10.3 Å². The number of carbonyl (C=O) groups excluding carboxylic acids is 1. The van der Waals surface area contributed by atoms with Crippen molar-refractivity contribution in [3.8, 4) is 0 Å². The van der Waals surface area contributed by atoms with Crippen molar-refractivity contribution in [3.05, 3.63) is 18.3 Å². The molecule has 0 aliphatic carbocycles. The average Bonchev–Trinajstić information content (AvgIpc) is 2.37. The third-order valence-corrected chi connectivity index (χ3v) is 2.37. The summed E-state index contributed by atoms with van der Waals surface area (Å²) < 4.78 is 0. The lowest BCUT2D eigenvalue weighted by molar-refractivity contribution is -0.120. The van der Waals surface area contributed by atoms with Gasteiger partial charge in [0.2, 0.25) is 5.91 Å². The predicted octanol–water partition coefficient (Wildman–Crippen LogP) is 1.84. The maximum Gasteiger partial charge on any atom is 0.221 e. The first-order chi connectivity index (χ1) is 8.76. The van der Waals surface area contributed by atoms with Crippen molar-refractivity contribution in [2.45, 2.75) is 26.7 Å². The highest BCUT2D eigenvalue weighted by Gasteiger charge is 2.00. The zero-order valence-electron chi connectivity index (χ0n) is 11.1. The number of amides is 1. The van der Waals surface area contributed by atoms with Gasteiger partial charge >= 0.3 is 0 Å². The van der Waals surface area contributed by atoms with Gasteiger partial charge in [-0.25, -0.2) is 4.98 Å². The molecule has 1 aromatic rings. The Morgan fingerprint density at radius 3 is 2.83 bits per heavy atom. The molecule has 1 amide bonds. The maximum atomic E-state index is 11.3. The molecule has 1 heterocycles. The molecule has 0 aromatic carbocycles. The van der Waals surface area contributed by atoms with Crippen LogP contribution in [-0.4, -0.2) is 30.5 Å². The van der Waals surface area contributed by atoms with E-state index in [1.165, 1.54) is 0 Å². The molecule has 0 radical (unpaired) electrons. The summed E-state index contributed by atoms with van der Waals surface area (Å²) in [6.45, 7) is 6.25. The van der Waals surface area contributed by atoms with Gasteiger partial charge in [0.15, 0.2) is 0 Å². The first kappa shape index (κ1) is 14.3. The van der Waals surface area contributed by atoms with Crippen LogP contribution in [0.25, 0.3) is 0 Å². The Bertz CT molecular complexity index is 368. The SMILES string of the molecule is CCCNc1cc(NCCC(=O)NCC)ccn1. The fourth-order valence-corrected chi connectivity index (χ4v) is 1.50. The summed E-state index contributed by atoms with van der Waals surface area (Å²) in [5, 5.41) is 9.20. The molecule has 0 saturated carbocycles. The molecule has 0 aliphatic rings. The third-order valence-electron chi connectivity index (χ3n) is 2.37. The Morgan fingerprint density at radius 1 is 1.28 bits per heavy atom. The Kier molecular flexibility index (Phi) is 6.61. The van der Waals surface area contributed by atoms with Crippen molar-refractivity contribution in [2.75, 3.05) is 30.3 Å². The van der Waals surface area contributed by atoms with Crippen LogP contribution in [0, 0.1) is 0 Å². The largest absolute Gasteiger partial charge is 0.384 e. The molecular weight excluding hydrogens is 228 g/mol. The quantitative estimate of drug-likeness (QED) is 0.658. The van der Waals surface area contributed by atoms with Gasteiger partial charge in [0.05, 0.1) is 0 Å². The predicted molar refractivity (Wildman–Crippen MR) is 74.8 cm³/mol. The van der Waals surface area contributed by atoms with Gasteiger partial charge in [-0.2, -0.15) is 0 Å². The number of rotatable bonds is 8. The Labute approximate surface area is 108 Å². The number of hydrogen-bond acceptors (Lipinski definition) is 4. The van der Waals surface area contributed by atoms with E-state index in [1.54, 1.807) is 6.20 Å². The number of nitrogens with one attached hydrogen (secondary N) is 3. The standard InChI is InChI=1S/C13H22N4O/c1-3-7-16-12-10-11(5-8-17-12)15-9-6-13(18)14-4-2/h5,8,10H,3-4,6-7,9H2,1-2H3,(H,14,18)(H2,15,16,17). The van der Waals surface area contributed by atoms with Crippen LogP contribution in [-0.2, 0) is 4.79 Å². The van der Waals surface area contributed by atoms with Crippen LogP contribution in [0.1, 0.15) is 26.7 Å². The van der Waals surface area contributed by atoms with E-state index in [1.807, 2.05) is 19.1 Å². The molecule has 0 spiro atoms. The average molecular weight is 250 g/mol. The van der Waals surface area contributed by atoms with Crippen molar-refractivity contribution in [3.63, 3.8) is 0 Å². The van der Waals surface area contributed by atoms with Crippen LogP contribution in [0.5, 0.6) is 0 Å². The molecule has 18 heavy (non-hydrogen) atoms. The van der Waals surface area contributed by atoms with Crippen molar-refractivity contribution in [1.29, 1.82) is 0 Å². The topological polar surface area (TPSA) is 66.0 Å². The molecule has 0 atom stereocenters. The van der Waals surface area contributed by atoms with E-state index < -0.39 is 0 Å². The highest BCUT2D eigenvalue weighted by atomic mass is 16.1. The van der Waals surface area contributed by atoms with Gasteiger partial charge in [0.1, 0.15) is 5.82 Å². The van der Waals surface area contributed by atoms with E-state index in [2.05, 4.69) is 27.9 Å². The molecule has 0 saturated heterocycles. The normalized spacial score (nSPS) is 9.89. The molecule has 1 aromatic heterocycles.